The average Bonchev–Trinajstić information content (AvgIpc) is 3.33. The van der Waals surface area contributed by atoms with Gasteiger partial charge < -0.3 is 15.8 Å². The van der Waals surface area contributed by atoms with Crippen LogP contribution in [0.5, 0.6) is 0 Å². The van der Waals surface area contributed by atoms with Crippen LogP contribution >= 0.6 is 11.6 Å². The SMILES string of the molecule is CCn1nc(-c2ccc(NS(=O)(=O)c3ccccc3Cl)c(F)c2)c2c(N)ncc([C@H]3CC[C@H](NC4COC4)CC3)c21. The van der Waals surface area contributed by atoms with Crippen LogP contribution < -0.4 is 15.8 Å². The summed E-state index contributed by atoms with van der Waals surface area (Å²) in [7, 11) is -4.09. The number of benzene rings is 2. The van der Waals surface area contributed by atoms with Crippen LogP contribution in [0, 0.1) is 5.82 Å². The van der Waals surface area contributed by atoms with Crippen LogP contribution in [0.4, 0.5) is 15.9 Å². The van der Waals surface area contributed by atoms with Crippen molar-refractivity contribution < 1.29 is 17.5 Å². The number of halogens is 2. The van der Waals surface area contributed by atoms with Crippen molar-refractivity contribution in [2.75, 3.05) is 23.7 Å². The Hall–Kier alpha value is -3.25. The van der Waals surface area contributed by atoms with Gasteiger partial charge in [0.15, 0.2) is 0 Å². The van der Waals surface area contributed by atoms with Crippen molar-refractivity contribution in [1.82, 2.24) is 20.1 Å². The normalized spacial score (nSPS) is 19.8. The molecular weight excluding hydrogens is 567 g/mol. The zero-order chi connectivity index (χ0) is 28.7. The van der Waals surface area contributed by atoms with E-state index in [0.29, 0.717) is 47.0 Å². The number of nitrogen functional groups attached to an aromatic ring is 1. The number of hydrogen-bond acceptors (Lipinski definition) is 7. The summed E-state index contributed by atoms with van der Waals surface area (Å²) in [5.74, 6) is -0.111. The lowest BCUT2D eigenvalue weighted by Gasteiger charge is -2.35. The van der Waals surface area contributed by atoms with E-state index >= 15 is 4.39 Å². The van der Waals surface area contributed by atoms with Gasteiger partial charge in [-0.05, 0) is 68.4 Å². The maximum atomic E-state index is 15.3. The summed E-state index contributed by atoms with van der Waals surface area (Å²) in [4.78, 5) is 4.40. The molecule has 2 aromatic carbocycles. The van der Waals surface area contributed by atoms with Crippen LogP contribution in [0.25, 0.3) is 22.2 Å². The van der Waals surface area contributed by atoms with Crippen LogP contribution in [0.3, 0.4) is 0 Å². The van der Waals surface area contributed by atoms with Gasteiger partial charge in [0.05, 0.1) is 40.9 Å². The molecule has 0 unspecified atom stereocenters. The minimum atomic E-state index is -4.09. The molecule has 1 saturated carbocycles. The van der Waals surface area contributed by atoms with E-state index < -0.39 is 15.8 Å². The molecule has 0 radical (unpaired) electrons. The topological polar surface area (TPSA) is 124 Å². The number of ether oxygens (including phenoxy) is 1. The third-order valence-corrected chi connectivity index (χ3v) is 9.88. The van der Waals surface area contributed by atoms with Crippen LogP contribution in [0.1, 0.15) is 44.1 Å². The van der Waals surface area contributed by atoms with Crippen molar-refractivity contribution in [3.8, 4) is 11.3 Å². The summed E-state index contributed by atoms with van der Waals surface area (Å²) in [6, 6.07) is 11.2. The summed E-state index contributed by atoms with van der Waals surface area (Å²) >= 11 is 6.06. The van der Waals surface area contributed by atoms with Crippen LogP contribution in [0.2, 0.25) is 5.02 Å². The second kappa shape index (κ2) is 11.2. The molecule has 6 rings (SSSR count). The molecule has 1 aliphatic carbocycles. The summed E-state index contributed by atoms with van der Waals surface area (Å²) in [6.45, 7) is 4.18. The summed E-state index contributed by atoms with van der Waals surface area (Å²) < 4.78 is 50.6. The molecule has 1 saturated heterocycles. The lowest BCUT2D eigenvalue weighted by atomic mass is 9.81. The maximum absolute atomic E-state index is 15.3. The molecule has 4 aromatic rings. The molecular formula is C29H32ClFN6O3S. The highest BCUT2D eigenvalue weighted by Crippen LogP contribution is 2.41. The van der Waals surface area contributed by atoms with E-state index in [-0.39, 0.29) is 15.6 Å². The molecule has 0 amide bonds. The lowest BCUT2D eigenvalue weighted by Crippen LogP contribution is -2.51. The number of fused-ring (bicyclic) bond motifs is 1. The highest BCUT2D eigenvalue weighted by atomic mass is 35.5. The van der Waals surface area contributed by atoms with Gasteiger partial charge in [-0.25, -0.2) is 17.8 Å². The molecule has 1 aliphatic heterocycles. The fourth-order valence-electron chi connectivity index (χ4n) is 5.84. The van der Waals surface area contributed by atoms with E-state index in [2.05, 4.69) is 15.0 Å². The minimum Gasteiger partial charge on any atom is -0.383 e. The first-order valence-corrected chi connectivity index (χ1v) is 15.7. The van der Waals surface area contributed by atoms with Gasteiger partial charge in [-0.2, -0.15) is 5.10 Å². The number of aromatic nitrogens is 3. The van der Waals surface area contributed by atoms with Gasteiger partial charge in [-0.1, -0.05) is 29.8 Å². The van der Waals surface area contributed by atoms with Gasteiger partial charge in [0, 0.05) is 24.3 Å². The van der Waals surface area contributed by atoms with E-state index in [4.69, 9.17) is 27.2 Å². The number of nitrogens with one attached hydrogen (secondary N) is 2. The van der Waals surface area contributed by atoms with Gasteiger partial charge in [0.25, 0.3) is 10.0 Å². The molecule has 2 aliphatic rings. The van der Waals surface area contributed by atoms with Crippen LogP contribution in [0.15, 0.2) is 53.6 Å². The van der Waals surface area contributed by atoms with Crippen molar-refractivity contribution >= 4 is 44.0 Å². The number of nitrogens with zero attached hydrogens (tertiary/aromatic N) is 3. The fourth-order valence-corrected chi connectivity index (χ4v) is 7.42. The Kier molecular flexibility index (Phi) is 7.62. The van der Waals surface area contributed by atoms with E-state index in [1.807, 2.05) is 17.8 Å². The van der Waals surface area contributed by atoms with Crippen LogP contribution in [-0.4, -0.2) is 48.5 Å². The number of anilines is 2. The molecule has 3 heterocycles. The number of hydrogen-bond donors (Lipinski definition) is 3. The first-order chi connectivity index (χ1) is 19.7. The van der Waals surface area contributed by atoms with Gasteiger partial charge in [-0.15, -0.1) is 0 Å². The number of aryl methyl sites for hydroxylation is 1. The molecule has 0 atom stereocenters. The summed E-state index contributed by atoms with van der Waals surface area (Å²) in [5.41, 5.74) is 9.21. The van der Waals surface area contributed by atoms with Gasteiger partial charge >= 0.3 is 0 Å². The molecule has 2 fully saturated rings. The van der Waals surface area contributed by atoms with E-state index in [9.17, 15) is 8.42 Å². The predicted octanol–water partition coefficient (Wildman–Crippen LogP) is 5.31. The Bertz CT molecular complexity index is 1700. The molecule has 4 N–H and O–H groups in total. The summed E-state index contributed by atoms with van der Waals surface area (Å²) in [6.07, 6.45) is 6.03. The Morgan fingerprint density at radius 3 is 2.54 bits per heavy atom. The Morgan fingerprint density at radius 2 is 1.88 bits per heavy atom. The first-order valence-electron chi connectivity index (χ1n) is 13.8. The zero-order valence-electron chi connectivity index (χ0n) is 22.6. The molecule has 216 valence electrons. The quantitative estimate of drug-likeness (QED) is 0.251. The van der Waals surface area contributed by atoms with Gasteiger partial charge in [0.1, 0.15) is 22.2 Å². The lowest BCUT2D eigenvalue weighted by molar-refractivity contribution is -0.0121. The predicted molar refractivity (Wildman–Crippen MR) is 158 cm³/mol. The highest BCUT2D eigenvalue weighted by Gasteiger charge is 2.30. The third kappa shape index (κ3) is 5.39. The standard InChI is InChI=1S/C29H32ClFN6O3S/c1-2-37-28-21(17-7-10-19(11-8-17)34-20-15-40-16-20)14-33-29(32)26(28)27(35-37)18-9-12-24(23(31)13-18)36-41(38,39)25-6-4-3-5-22(25)30/h3-6,9,12-14,17,19-20,34,36H,2,7-8,10-11,15-16H2,1H3,(H2,32,33)/t17-,19-. The van der Waals surface area contributed by atoms with E-state index in [1.165, 1.54) is 24.3 Å². The Morgan fingerprint density at radius 1 is 1.12 bits per heavy atom. The molecule has 12 heteroatoms. The average molecular weight is 599 g/mol. The zero-order valence-corrected chi connectivity index (χ0v) is 24.2. The molecule has 9 nitrogen and oxygen atoms in total. The van der Waals surface area contributed by atoms with Gasteiger partial charge in [-0.3, -0.25) is 9.40 Å². The minimum absolute atomic E-state index is 0.0464. The molecule has 41 heavy (non-hydrogen) atoms. The highest BCUT2D eigenvalue weighted by molar-refractivity contribution is 7.92. The first kappa shape index (κ1) is 27.9. The Labute approximate surface area is 243 Å². The van der Waals surface area contributed by atoms with Crippen LogP contribution in [-0.2, 0) is 21.3 Å². The third-order valence-electron chi connectivity index (χ3n) is 8.01. The van der Waals surface area contributed by atoms with Gasteiger partial charge in [0.2, 0.25) is 0 Å². The van der Waals surface area contributed by atoms with Crippen molar-refractivity contribution in [1.29, 1.82) is 0 Å². The largest absolute Gasteiger partial charge is 0.383 e. The number of sulfonamides is 1. The Balaban J connectivity index is 1.30. The van der Waals surface area contributed by atoms with Crippen molar-refractivity contribution in [2.24, 2.45) is 0 Å². The van der Waals surface area contributed by atoms with Crippen molar-refractivity contribution in [3.05, 3.63) is 65.1 Å². The second-order valence-corrected chi connectivity index (χ2v) is 12.7. The molecule has 0 spiro atoms. The van der Waals surface area contributed by atoms with Crippen molar-refractivity contribution in [3.63, 3.8) is 0 Å². The molecule has 0 bridgehead atoms. The van der Waals surface area contributed by atoms with Crippen molar-refractivity contribution in [2.45, 2.75) is 62.0 Å². The number of pyridine rings is 1. The second-order valence-electron chi connectivity index (χ2n) is 10.7. The monoisotopic (exact) mass is 598 g/mol. The van der Waals surface area contributed by atoms with E-state index in [0.717, 1.165) is 50.0 Å². The number of nitrogens with two attached hydrogens (primary N) is 1. The summed E-state index contributed by atoms with van der Waals surface area (Å²) in [5, 5.41) is 9.24. The molecule has 2 aromatic heterocycles. The van der Waals surface area contributed by atoms with E-state index in [1.54, 1.807) is 18.2 Å². The smallest absolute Gasteiger partial charge is 0.263 e. The maximum Gasteiger partial charge on any atom is 0.263 e. The number of rotatable bonds is 8. The fraction of sp³-hybridized carbons (Fsp3) is 0.379.